The SMILES string of the molecule is CC[SiH2]CC.[LiH].[LiH]. The average Bonchev–Trinajstić information content (AvgIpc) is 1.41. The molecule has 0 rings (SSSR count). The minimum atomic E-state index is 0. The Balaban J connectivity index is -0.0000000800. The van der Waals surface area contributed by atoms with E-state index < -0.39 is 0 Å². The van der Waals surface area contributed by atoms with Crippen molar-refractivity contribution in [2.45, 2.75) is 25.9 Å². The molecular weight excluding hydrogens is 90.0 g/mol. The van der Waals surface area contributed by atoms with Crippen LogP contribution in [0.1, 0.15) is 13.8 Å². The van der Waals surface area contributed by atoms with Crippen LogP contribution in [0.5, 0.6) is 0 Å². The van der Waals surface area contributed by atoms with E-state index in [4.69, 9.17) is 0 Å². The van der Waals surface area contributed by atoms with Crippen molar-refractivity contribution in [2.24, 2.45) is 0 Å². The third kappa shape index (κ3) is 18.6. The van der Waals surface area contributed by atoms with Crippen molar-refractivity contribution in [1.82, 2.24) is 0 Å². The monoisotopic (exact) mass is 104 g/mol. The molecule has 0 aromatic carbocycles. The van der Waals surface area contributed by atoms with Crippen LogP contribution in [-0.2, 0) is 0 Å². The summed E-state index contributed by atoms with van der Waals surface area (Å²) in [4.78, 5) is 0. The maximum absolute atomic E-state index is 2.27. The van der Waals surface area contributed by atoms with Crippen LogP contribution in [0, 0.1) is 0 Å². The predicted octanol–water partition coefficient (Wildman–Crippen LogP) is -0.265. The zero-order chi connectivity index (χ0) is 4.12. The standard InChI is InChI=1S/C4H12Si.2Li.2H/c1-3-5-4-2;;;;/h3-5H2,1-2H3;;;;. The van der Waals surface area contributed by atoms with Gasteiger partial charge in [-0.15, -0.1) is 0 Å². The molecule has 3 heteroatoms. The summed E-state index contributed by atoms with van der Waals surface area (Å²) in [6.07, 6.45) is 0. The van der Waals surface area contributed by atoms with Gasteiger partial charge in [0.25, 0.3) is 0 Å². The van der Waals surface area contributed by atoms with Crippen molar-refractivity contribution in [1.29, 1.82) is 0 Å². The van der Waals surface area contributed by atoms with Crippen molar-refractivity contribution in [2.75, 3.05) is 0 Å². The first kappa shape index (κ1) is 15.8. The third-order valence-corrected chi connectivity index (χ3v) is 2.12. The van der Waals surface area contributed by atoms with E-state index in [-0.39, 0.29) is 37.7 Å². The first-order valence-corrected chi connectivity index (χ1v) is 4.41. The Morgan fingerprint density at radius 3 is 1.29 bits per heavy atom. The van der Waals surface area contributed by atoms with Crippen molar-refractivity contribution in [3.05, 3.63) is 0 Å². The molecule has 0 radical (unpaired) electrons. The number of hydrogen-bond donors (Lipinski definition) is 0. The summed E-state index contributed by atoms with van der Waals surface area (Å²) in [5.74, 6) is 0. The molecule has 0 saturated carbocycles. The summed E-state index contributed by atoms with van der Waals surface area (Å²) in [6, 6.07) is 2.97. The van der Waals surface area contributed by atoms with Crippen molar-refractivity contribution in [3.63, 3.8) is 0 Å². The van der Waals surface area contributed by atoms with Gasteiger partial charge in [-0.3, -0.25) is 0 Å². The van der Waals surface area contributed by atoms with Gasteiger partial charge in [-0.05, 0) is 0 Å². The van der Waals surface area contributed by atoms with Gasteiger partial charge >= 0.3 is 37.7 Å². The van der Waals surface area contributed by atoms with Gasteiger partial charge in [-0.2, -0.15) is 0 Å². The Kier molecular flexibility index (Phi) is 35.3. The zero-order valence-corrected chi connectivity index (χ0v) is 5.54. The van der Waals surface area contributed by atoms with Crippen LogP contribution < -0.4 is 0 Å². The Labute approximate surface area is 73.0 Å². The van der Waals surface area contributed by atoms with Crippen molar-refractivity contribution in [3.8, 4) is 0 Å². The molecule has 0 N–H and O–H groups in total. The molecule has 0 aliphatic heterocycles. The first-order valence-electron chi connectivity index (χ1n) is 2.41. The summed E-state index contributed by atoms with van der Waals surface area (Å²) >= 11 is 0. The number of rotatable bonds is 2. The molecule has 0 nitrogen and oxygen atoms in total. The molecule has 0 heterocycles. The second-order valence-electron chi connectivity index (χ2n) is 1.35. The molecule has 0 aromatic rings. The molecule has 0 unspecified atom stereocenters. The van der Waals surface area contributed by atoms with Crippen LogP contribution in [0.4, 0.5) is 0 Å². The van der Waals surface area contributed by atoms with Crippen LogP contribution in [0.15, 0.2) is 0 Å². The van der Waals surface area contributed by atoms with E-state index in [0.29, 0.717) is 9.52 Å². The first-order chi connectivity index (χ1) is 2.41. The minimum absolute atomic E-state index is 0. The van der Waals surface area contributed by atoms with Crippen LogP contribution >= 0.6 is 0 Å². The van der Waals surface area contributed by atoms with E-state index in [2.05, 4.69) is 13.8 Å². The summed E-state index contributed by atoms with van der Waals surface area (Å²) < 4.78 is 0. The molecule has 0 aliphatic carbocycles. The molecule has 0 bridgehead atoms. The fourth-order valence-corrected chi connectivity index (χ4v) is 1.06. The molecule has 0 aromatic heterocycles. The normalized spacial score (nSPS) is 6.00. The zero-order valence-electron chi connectivity index (χ0n) is 4.12. The fraction of sp³-hybridized carbons (Fsp3) is 1.00. The van der Waals surface area contributed by atoms with Gasteiger partial charge in [0.1, 0.15) is 0 Å². The predicted molar refractivity (Wildman–Crippen MR) is 43.8 cm³/mol. The van der Waals surface area contributed by atoms with Crippen molar-refractivity contribution >= 4 is 47.2 Å². The van der Waals surface area contributed by atoms with Gasteiger partial charge in [-0.25, -0.2) is 0 Å². The van der Waals surface area contributed by atoms with Gasteiger partial charge in [-0.1, -0.05) is 25.9 Å². The van der Waals surface area contributed by atoms with E-state index in [1.807, 2.05) is 0 Å². The van der Waals surface area contributed by atoms with E-state index in [9.17, 15) is 0 Å². The summed E-state index contributed by atoms with van der Waals surface area (Å²) in [6.45, 7) is 4.55. The molecule has 0 atom stereocenters. The van der Waals surface area contributed by atoms with Gasteiger partial charge in [0.2, 0.25) is 0 Å². The summed E-state index contributed by atoms with van der Waals surface area (Å²) in [5.41, 5.74) is 0. The summed E-state index contributed by atoms with van der Waals surface area (Å²) in [5, 5.41) is 0. The van der Waals surface area contributed by atoms with E-state index >= 15 is 0 Å². The van der Waals surface area contributed by atoms with E-state index in [0.717, 1.165) is 0 Å². The van der Waals surface area contributed by atoms with Gasteiger partial charge in [0.05, 0.1) is 0 Å². The van der Waals surface area contributed by atoms with Crippen molar-refractivity contribution < 1.29 is 0 Å². The number of hydrogen-bond acceptors (Lipinski definition) is 0. The van der Waals surface area contributed by atoms with Crippen LogP contribution in [0.25, 0.3) is 0 Å². The molecule has 0 saturated heterocycles. The second kappa shape index (κ2) is 15.7. The maximum atomic E-state index is 2.27. The van der Waals surface area contributed by atoms with Gasteiger partial charge in [0.15, 0.2) is 0 Å². The molecule has 0 aliphatic rings. The Hall–Kier alpha value is 1.41. The molecule has 0 spiro atoms. The quantitative estimate of drug-likeness (QED) is 0.423. The Bertz CT molecular complexity index is 17.2. The molecule has 0 fully saturated rings. The molecule has 36 valence electrons. The molecule has 0 amide bonds. The molecule has 7 heavy (non-hydrogen) atoms. The van der Waals surface area contributed by atoms with Gasteiger partial charge in [0, 0.05) is 9.52 Å². The Morgan fingerprint density at radius 2 is 1.29 bits per heavy atom. The topological polar surface area (TPSA) is 0 Å². The fourth-order valence-electron chi connectivity index (χ4n) is 0.354. The van der Waals surface area contributed by atoms with E-state index in [1.165, 1.54) is 12.1 Å². The summed E-state index contributed by atoms with van der Waals surface area (Å²) in [7, 11) is 0.432. The van der Waals surface area contributed by atoms with E-state index in [1.54, 1.807) is 0 Å². The van der Waals surface area contributed by atoms with Gasteiger partial charge < -0.3 is 0 Å². The van der Waals surface area contributed by atoms with Crippen LogP contribution in [0.3, 0.4) is 0 Å². The van der Waals surface area contributed by atoms with Crippen LogP contribution in [-0.4, -0.2) is 47.2 Å². The second-order valence-corrected chi connectivity index (χ2v) is 4.06. The Morgan fingerprint density at radius 1 is 1.00 bits per heavy atom. The third-order valence-electron chi connectivity index (χ3n) is 0.707. The average molecular weight is 104 g/mol. The van der Waals surface area contributed by atoms with Crippen LogP contribution in [0.2, 0.25) is 12.1 Å². The molecular formula is C4H14Li2Si.